The van der Waals surface area contributed by atoms with E-state index in [1.54, 1.807) is 37.3 Å². The molecule has 28 heavy (non-hydrogen) atoms. The topological polar surface area (TPSA) is 104 Å². The van der Waals surface area contributed by atoms with Crippen LogP contribution in [0.5, 0.6) is 0 Å². The first-order valence-corrected chi connectivity index (χ1v) is 11.1. The Bertz CT molecular complexity index is 1000. The van der Waals surface area contributed by atoms with Crippen LogP contribution in [-0.4, -0.2) is 26.3 Å². The minimum Gasteiger partial charge on any atom is -0.326 e. The van der Waals surface area contributed by atoms with E-state index in [9.17, 15) is 18.0 Å². The third kappa shape index (κ3) is 5.18. The zero-order valence-corrected chi connectivity index (χ0v) is 17.6. The van der Waals surface area contributed by atoms with Gasteiger partial charge in [-0.25, -0.2) is 13.1 Å². The second-order valence-electron chi connectivity index (χ2n) is 6.47. The Kier molecular flexibility index (Phi) is 6.17. The molecule has 148 valence electrons. The molecule has 1 fully saturated rings. The molecular formula is C19H20BrN3O4S. The quantitative estimate of drug-likeness (QED) is 0.581. The van der Waals surface area contributed by atoms with Crippen molar-refractivity contribution in [3.63, 3.8) is 0 Å². The van der Waals surface area contributed by atoms with Crippen LogP contribution in [0.1, 0.15) is 36.5 Å². The van der Waals surface area contributed by atoms with E-state index in [4.69, 9.17) is 0 Å². The highest BCUT2D eigenvalue weighted by molar-refractivity contribution is 9.10. The van der Waals surface area contributed by atoms with Crippen LogP contribution in [0, 0.1) is 0 Å². The molecule has 1 saturated carbocycles. The average Bonchev–Trinajstić information content (AvgIpc) is 3.46. The zero-order valence-electron chi connectivity index (χ0n) is 15.2. The van der Waals surface area contributed by atoms with E-state index in [-0.39, 0.29) is 22.4 Å². The van der Waals surface area contributed by atoms with Crippen molar-refractivity contribution in [3.05, 3.63) is 52.5 Å². The molecule has 0 bridgehead atoms. The van der Waals surface area contributed by atoms with Crippen molar-refractivity contribution in [3.8, 4) is 0 Å². The number of nitrogens with one attached hydrogen (secondary N) is 3. The van der Waals surface area contributed by atoms with Crippen LogP contribution in [0.15, 0.2) is 51.8 Å². The molecular weight excluding hydrogens is 446 g/mol. The van der Waals surface area contributed by atoms with Crippen molar-refractivity contribution < 1.29 is 18.0 Å². The van der Waals surface area contributed by atoms with E-state index in [0.717, 1.165) is 12.8 Å². The maximum absolute atomic E-state index is 12.6. The SMILES string of the molecule is CCC(=O)Nc1ccc(NC(=O)c2cc(S(=O)(=O)NC3CC3)ccc2Br)cc1. The summed E-state index contributed by atoms with van der Waals surface area (Å²) in [4.78, 5) is 24.1. The number of anilines is 2. The average molecular weight is 466 g/mol. The van der Waals surface area contributed by atoms with Gasteiger partial charge in [-0.3, -0.25) is 9.59 Å². The van der Waals surface area contributed by atoms with Crippen molar-refractivity contribution in [2.24, 2.45) is 0 Å². The lowest BCUT2D eigenvalue weighted by molar-refractivity contribution is -0.115. The number of hydrogen-bond donors (Lipinski definition) is 3. The first-order chi connectivity index (χ1) is 13.3. The maximum Gasteiger partial charge on any atom is 0.256 e. The molecule has 7 nitrogen and oxygen atoms in total. The molecule has 9 heteroatoms. The Morgan fingerprint density at radius 3 is 2.21 bits per heavy atom. The smallest absolute Gasteiger partial charge is 0.256 e. The Morgan fingerprint density at radius 1 is 1.04 bits per heavy atom. The van der Waals surface area contributed by atoms with Gasteiger partial charge in [-0.1, -0.05) is 6.92 Å². The Hall–Kier alpha value is -2.23. The number of rotatable bonds is 7. The lowest BCUT2D eigenvalue weighted by atomic mass is 10.2. The standard InChI is InChI=1S/C19H20BrN3O4S/c1-2-18(24)21-12-3-5-13(6-4-12)22-19(25)16-11-15(9-10-17(16)20)28(26,27)23-14-7-8-14/h3-6,9-11,14,23H,2,7-8H2,1H3,(H,21,24)(H,22,25). The Morgan fingerprint density at radius 2 is 1.64 bits per heavy atom. The zero-order chi connectivity index (χ0) is 20.3. The van der Waals surface area contributed by atoms with Crippen LogP contribution in [0.25, 0.3) is 0 Å². The number of halogens is 1. The van der Waals surface area contributed by atoms with E-state index in [1.807, 2.05) is 0 Å². The van der Waals surface area contributed by atoms with Crippen LogP contribution < -0.4 is 15.4 Å². The van der Waals surface area contributed by atoms with Crippen LogP contribution in [0.3, 0.4) is 0 Å². The highest BCUT2D eigenvalue weighted by Gasteiger charge is 2.28. The fourth-order valence-corrected chi connectivity index (χ4v) is 4.18. The third-order valence-electron chi connectivity index (χ3n) is 4.14. The summed E-state index contributed by atoms with van der Waals surface area (Å²) < 4.78 is 27.9. The first kappa shape index (κ1) is 20.5. The summed E-state index contributed by atoms with van der Waals surface area (Å²) in [7, 11) is -3.65. The molecule has 2 aromatic carbocycles. The van der Waals surface area contributed by atoms with Crippen LogP contribution in [-0.2, 0) is 14.8 Å². The Labute approximate surface area is 172 Å². The summed E-state index contributed by atoms with van der Waals surface area (Å²) in [5, 5.41) is 5.45. The number of sulfonamides is 1. The predicted octanol–water partition coefficient (Wildman–Crippen LogP) is 3.49. The molecule has 0 saturated heterocycles. The predicted molar refractivity (Wildman–Crippen MR) is 111 cm³/mol. The van der Waals surface area contributed by atoms with Gasteiger partial charge in [0.25, 0.3) is 5.91 Å². The van der Waals surface area contributed by atoms with Gasteiger partial charge in [-0.2, -0.15) is 0 Å². The van der Waals surface area contributed by atoms with Crippen molar-refractivity contribution in [2.45, 2.75) is 37.1 Å². The minimum atomic E-state index is -3.65. The van der Waals surface area contributed by atoms with E-state index in [0.29, 0.717) is 22.3 Å². The van der Waals surface area contributed by atoms with Gasteiger partial charge < -0.3 is 10.6 Å². The second kappa shape index (κ2) is 8.42. The van der Waals surface area contributed by atoms with Gasteiger partial charge in [0, 0.05) is 28.3 Å². The second-order valence-corrected chi connectivity index (χ2v) is 9.04. The van der Waals surface area contributed by atoms with Crippen LogP contribution in [0.4, 0.5) is 11.4 Å². The molecule has 0 atom stereocenters. The van der Waals surface area contributed by atoms with Crippen molar-refractivity contribution >= 4 is 49.1 Å². The molecule has 3 rings (SSSR count). The highest BCUT2D eigenvalue weighted by atomic mass is 79.9. The van der Waals surface area contributed by atoms with Gasteiger partial charge in [-0.05, 0) is 71.2 Å². The molecule has 0 heterocycles. The molecule has 1 aliphatic rings. The van der Waals surface area contributed by atoms with Gasteiger partial charge in [0.1, 0.15) is 0 Å². The van der Waals surface area contributed by atoms with Crippen LogP contribution in [0.2, 0.25) is 0 Å². The number of amides is 2. The van der Waals surface area contributed by atoms with E-state index in [2.05, 4.69) is 31.3 Å². The molecule has 0 aromatic heterocycles. The fraction of sp³-hybridized carbons (Fsp3) is 0.263. The highest BCUT2D eigenvalue weighted by Crippen LogP contribution is 2.26. The Balaban J connectivity index is 1.75. The van der Waals surface area contributed by atoms with Crippen molar-refractivity contribution in [2.75, 3.05) is 10.6 Å². The monoisotopic (exact) mass is 465 g/mol. The normalized spacial score (nSPS) is 13.8. The van der Waals surface area contributed by atoms with Gasteiger partial charge >= 0.3 is 0 Å². The van der Waals surface area contributed by atoms with Gasteiger partial charge in [0.2, 0.25) is 15.9 Å². The summed E-state index contributed by atoms with van der Waals surface area (Å²) in [6.07, 6.45) is 2.04. The van der Waals surface area contributed by atoms with E-state index in [1.165, 1.54) is 12.1 Å². The number of benzene rings is 2. The molecule has 2 aromatic rings. The number of carbonyl (C=O) groups is 2. The lowest BCUT2D eigenvalue weighted by Gasteiger charge is -2.11. The lowest BCUT2D eigenvalue weighted by Crippen LogP contribution is -2.26. The fourth-order valence-electron chi connectivity index (χ4n) is 2.42. The van der Waals surface area contributed by atoms with Crippen molar-refractivity contribution in [1.29, 1.82) is 0 Å². The molecule has 0 spiro atoms. The van der Waals surface area contributed by atoms with Gasteiger partial charge in [-0.15, -0.1) is 0 Å². The largest absolute Gasteiger partial charge is 0.326 e. The summed E-state index contributed by atoms with van der Waals surface area (Å²) in [6.45, 7) is 1.76. The first-order valence-electron chi connectivity index (χ1n) is 8.81. The summed E-state index contributed by atoms with van der Waals surface area (Å²) in [5.41, 5.74) is 1.36. The molecule has 1 aliphatic carbocycles. The molecule has 0 unspecified atom stereocenters. The summed E-state index contributed by atoms with van der Waals surface area (Å²) in [5.74, 6) is -0.542. The molecule has 0 radical (unpaired) electrons. The van der Waals surface area contributed by atoms with E-state index >= 15 is 0 Å². The maximum atomic E-state index is 12.6. The molecule has 2 amide bonds. The molecule has 0 aliphatic heterocycles. The van der Waals surface area contributed by atoms with Gasteiger partial charge in [0.15, 0.2) is 0 Å². The number of carbonyl (C=O) groups excluding carboxylic acids is 2. The van der Waals surface area contributed by atoms with E-state index < -0.39 is 15.9 Å². The minimum absolute atomic E-state index is 0.0161. The number of hydrogen-bond acceptors (Lipinski definition) is 4. The van der Waals surface area contributed by atoms with Crippen LogP contribution >= 0.6 is 15.9 Å². The summed E-state index contributed by atoms with van der Waals surface area (Å²) >= 11 is 3.30. The van der Waals surface area contributed by atoms with Gasteiger partial charge in [0.05, 0.1) is 10.5 Å². The summed E-state index contributed by atoms with van der Waals surface area (Å²) in [6, 6.07) is 11.0. The third-order valence-corrected chi connectivity index (χ3v) is 6.35. The van der Waals surface area contributed by atoms with Crippen molar-refractivity contribution in [1.82, 2.24) is 4.72 Å². The molecule has 3 N–H and O–H groups in total.